The number of nitrogens with one attached hydrogen (secondary N) is 1. The van der Waals surface area contributed by atoms with Crippen LogP contribution in [0.4, 0.5) is 11.4 Å². The zero-order chi connectivity index (χ0) is 21.3. The van der Waals surface area contributed by atoms with E-state index in [2.05, 4.69) is 5.32 Å². The first-order valence-corrected chi connectivity index (χ1v) is 9.45. The summed E-state index contributed by atoms with van der Waals surface area (Å²) in [4.78, 5) is 28.6. The van der Waals surface area contributed by atoms with Gasteiger partial charge in [0.2, 0.25) is 0 Å². The highest BCUT2D eigenvalue weighted by Gasteiger charge is 2.17. The Hall–Kier alpha value is -4.06. The van der Waals surface area contributed by atoms with Gasteiger partial charge in [-0.3, -0.25) is 14.9 Å². The standard InChI is InChI=1S/C24H19N3O3/c1-15-11-16(2)23-20(12-15)21(14-22(26-23)17-7-4-3-5-8-17)24(28)25-18-9-6-10-19(13-18)27(29)30/h3-14H,1-2H3,(H,25,28). The van der Waals surface area contributed by atoms with E-state index in [-0.39, 0.29) is 11.6 Å². The second kappa shape index (κ2) is 7.75. The van der Waals surface area contributed by atoms with E-state index in [4.69, 9.17) is 4.98 Å². The van der Waals surface area contributed by atoms with Crippen molar-refractivity contribution in [3.63, 3.8) is 0 Å². The summed E-state index contributed by atoms with van der Waals surface area (Å²) >= 11 is 0. The van der Waals surface area contributed by atoms with Crippen molar-refractivity contribution < 1.29 is 9.72 Å². The van der Waals surface area contributed by atoms with E-state index in [0.29, 0.717) is 16.9 Å². The molecule has 6 heteroatoms. The van der Waals surface area contributed by atoms with Crippen molar-refractivity contribution in [2.45, 2.75) is 13.8 Å². The van der Waals surface area contributed by atoms with Crippen LogP contribution in [0.3, 0.4) is 0 Å². The van der Waals surface area contributed by atoms with Crippen LogP contribution in [-0.4, -0.2) is 15.8 Å². The normalized spacial score (nSPS) is 10.7. The zero-order valence-corrected chi connectivity index (χ0v) is 16.5. The molecule has 148 valence electrons. The van der Waals surface area contributed by atoms with E-state index >= 15 is 0 Å². The number of nitro groups is 1. The van der Waals surface area contributed by atoms with E-state index in [1.54, 1.807) is 18.2 Å². The van der Waals surface area contributed by atoms with Crippen molar-refractivity contribution in [2.24, 2.45) is 0 Å². The Balaban J connectivity index is 1.85. The number of amides is 1. The smallest absolute Gasteiger partial charge is 0.271 e. The molecule has 1 heterocycles. The summed E-state index contributed by atoms with van der Waals surface area (Å²) in [6.45, 7) is 3.94. The average Bonchev–Trinajstić information content (AvgIpc) is 2.74. The maximum absolute atomic E-state index is 13.2. The fourth-order valence-electron chi connectivity index (χ4n) is 3.52. The van der Waals surface area contributed by atoms with Crippen LogP contribution in [0.25, 0.3) is 22.2 Å². The van der Waals surface area contributed by atoms with Crippen LogP contribution in [0.5, 0.6) is 0 Å². The zero-order valence-electron chi connectivity index (χ0n) is 16.5. The molecule has 0 fully saturated rings. The molecule has 1 aromatic heterocycles. The molecule has 0 bridgehead atoms. The summed E-state index contributed by atoms with van der Waals surface area (Å²) < 4.78 is 0. The Morgan fingerprint density at radius 1 is 0.967 bits per heavy atom. The molecule has 30 heavy (non-hydrogen) atoms. The molecule has 0 aliphatic heterocycles. The Morgan fingerprint density at radius 3 is 2.47 bits per heavy atom. The van der Waals surface area contributed by atoms with Crippen LogP contribution in [-0.2, 0) is 0 Å². The molecular weight excluding hydrogens is 378 g/mol. The summed E-state index contributed by atoms with van der Waals surface area (Å²) in [5.74, 6) is -0.343. The minimum Gasteiger partial charge on any atom is -0.322 e. The van der Waals surface area contributed by atoms with E-state index < -0.39 is 4.92 Å². The number of carbonyl (C=O) groups is 1. The molecule has 1 amide bonds. The topological polar surface area (TPSA) is 85.1 Å². The molecule has 0 saturated carbocycles. The van der Waals surface area contributed by atoms with Gasteiger partial charge in [-0.25, -0.2) is 4.98 Å². The number of carbonyl (C=O) groups excluding carboxylic acids is 1. The lowest BCUT2D eigenvalue weighted by atomic mass is 9.99. The van der Waals surface area contributed by atoms with Crippen molar-refractivity contribution in [3.8, 4) is 11.3 Å². The summed E-state index contributed by atoms with van der Waals surface area (Å²) in [5, 5.41) is 14.6. The summed E-state index contributed by atoms with van der Waals surface area (Å²) in [5.41, 5.74) is 5.12. The maximum atomic E-state index is 13.2. The van der Waals surface area contributed by atoms with Crippen molar-refractivity contribution in [2.75, 3.05) is 5.32 Å². The van der Waals surface area contributed by atoms with Gasteiger partial charge in [0.15, 0.2) is 0 Å². The molecule has 3 aromatic carbocycles. The lowest BCUT2D eigenvalue weighted by molar-refractivity contribution is -0.384. The minimum atomic E-state index is -0.488. The monoisotopic (exact) mass is 397 g/mol. The van der Waals surface area contributed by atoms with Gasteiger partial charge >= 0.3 is 0 Å². The third-order valence-corrected chi connectivity index (χ3v) is 4.88. The van der Waals surface area contributed by atoms with Gasteiger partial charge < -0.3 is 5.32 Å². The number of nitro benzene ring substituents is 1. The molecule has 0 aliphatic carbocycles. The second-order valence-electron chi connectivity index (χ2n) is 7.16. The van der Waals surface area contributed by atoms with Gasteiger partial charge in [0, 0.05) is 28.8 Å². The number of benzene rings is 3. The molecular formula is C24H19N3O3. The Bertz CT molecular complexity index is 1280. The van der Waals surface area contributed by atoms with Gasteiger partial charge in [-0.05, 0) is 37.6 Å². The molecule has 4 rings (SSSR count). The first-order chi connectivity index (χ1) is 14.4. The number of hydrogen-bond donors (Lipinski definition) is 1. The number of anilines is 1. The number of pyridine rings is 1. The first kappa shape index (κ1) is 19.3. The highest BCUT2D eigenvalue weighted by atomic mass is 16.6. The van der Waals surface area contributed by atoms with Gasteiger partial charge in [0.1, 0.15) is 0 Å². The molecule has 0 spiro atoms. The number of fused-ring (bicyclic) bond motifs is 1. The maximum Gasteiger partial charge on any atom is 0.271 e. The van der Waals surface area contributed by atoms with E-state index in [1.807, 2.05) is 56.3 Å². The van der Waals surface area contributed by atoms with Crippen molar-refractivity contribution in [3.05, 3.63) is 99.6 Å². The van der Waals surface area contributed by atoms with Crippen LogP contribution < -0.4 is 5.32 Å². The third-order valence-electron chi connectivity index (χ3n) is 4.88. The average molecular weight is 397 g/mol. The Kier molecular flexibility index (Phi) is 4.98. The van der Waals surface area contributed by atoms with Crippen LogP contribution in [0.1, 0.15) is 21.5 Å². The first-order valence-electron chi connectivity index (χ1n) is 9.45. The fraction of sp³-hybridized carbons (Fsp3) is 0.0833. The predicted octanol–water partition coefficient (Wildman–Crippen LogP) is 5.68. The van der Waals surface area contributed by atoms with Crippen molar-refractivity contribution in [1.82, 2.24) is 4.98 Å². The minimum absolute atomic E-state index is 0.0796. The van der Waals surface area contributed by atoms with Gasteiger partial charge in [-0.15, -0.1) is 0 Å². The number of non-ortho nitro benzene ring substituents is 1. The lowest BCUT2D eigenvalue weighted by Crippen LogP contribution is -2.13. The van der Waals surface area contributed by atoms with Crippen molar-refractivity contribution >= 4 is 28.2 Å². The van der Waals surface area contributed by atoms with E-state index in [9.17, 15) is 14.9 Å². The van der Waals surface area contributed by atoms with Crippen molar-refractivity contribution in [1.29, 1.82) is 0 Å². The number of hydrogen-bond acceptors (Lipinski definition) is 4. The van der Waals surface area contributed by atoms with Crippen LogP contribution in [0.15, 0.2) is 72.8 Å². The van der Waals surface area contributed by atoms with Crippen LogP contribution >= 0.6 is 0 Å². The highest BCUT2D eigenvalue weighted by molar-refractivity contribution is 6.13. The molecule has 0 atom stereocenters. The van der Waals surface area contributed by atoms with E-state index in [0.717, 1.165) is 27.6 Å². The van der Waals surface area contributed by atoms with Crippen LogP contribution in [0.2, 0.25) is 0 Å². The molecule has 4 aromatic rings. The highest BCUT2D eigenvalue weighted by Crippen LogP contribution is 2.29. The summed E-state index contributed by atoms with van der Waals surface area (Å²) in [6.07, 6.45) is 0. The number of rotatable bonds is 4. The molecule has 1 N–H and O–H groups in total. The van der Waals surface area contributed by atoms with Gasteiger partial charge in [-0.2, -0.15) is 0 Å². The summed E-state index contributed by atoms with van der Waals surface area (Å²) in [7, 11) is 0. The number of aryl methyl sites for hydroxylation is 2. The largest absolute Gasteiger partial charge is 0.322 e. The molecule has 0 unspecified atom stereocenters. The van der Waals surface area contributed by atoms with Crippen LogP contribution in [0, 0.1) is 24.0 Å². The fourth-order valence-corrected chi connectivity index (χ4v) is 3.52. The number of nitrogens with zero attached hydrogens (tertiary/aromatic N) is 2. The Labute approximate surface area is 173 Å². The van der Waals surface area contributed by atoms with E-state index in [1.165, 1.54) is 12.1 Å². The molecule has 0 saturated heterocycles. The predicted molar refractivity (Wildman–Crippen MR) is 118 cm³/mol. The SMILES string of the molecule is Cc1cc(C)c2nc(-c3ccccc3)cc(C(=O)Nc3cccc([N+](=O)[O-])c3)c2c1. The Morgan fingerprint density at radius 2 is 1.73 bits per heavy atom. The second-order valence-corrected chi connectivity index (χ2v) is 7.16. The third kappa shape index (κ3) is 3.75. The molecule has 6 nitrogen and oxygen atoms in total. The van der Waals surface area contributed by atoms with Gasteiger partial charge in [0.25, 0.3) is 11.6 Å². The molecule has 0 radical (unpaired) electrons. The quantitative estimate of drug-likeness (QED) is 0.355. The molecule has 0 aliphatic rings. The van der Waals surface area contributed by atoms with Gasteiger partial charge in [-0.1, -0.05) is 48.0 Å². The lowest BCUT2D eigenvalue weighted by Gasteiger charge is -2.13. The summed E-state index contributed by atoms with van der Waals surface area (Å²) in [6, 6.07) is 21.3. The number of aromatic nitrogens is 1. The van der Waals surface area contributed by atoms with Gasteiger partial charge in [0.05, 0.1) is 21.7 Å².